The van der Waals surface area contributed by atoms with Gasteiger partial charge in [-0.2, -0.15) is 0 Å². The summed E-state index contributed by atoms with van der Waals surface area (Å²) < 4.78 is 0. The first kappa shape index (κ1) is 18.5. The Hall–Kier alpha value is -2.87. The van der Waals surface area contributed by atoms with Crippen molar-refractivity contribution in [3.63, 3.8) is 0 Å². The SMILES string of the molecule is Cc1cc(N)c2c(n1)N(C)CC2.O=C(O)c1cc([N+](=O)[O-])ccc1Cl. The molecule has 3 N–H and O–H groups in total. The van der Waals surface area contributed by atoms with Crippen LogP contribution in [0.2, 0.25) is 5.02 Å². The van der Waals surface area contributed by atoms with Gasteiger partial charge in [-0.05, 0) is 25.5 Å². The predicted molar refractivity (Wildman–Crippen MR) is 95.4 cm³/mol. The van der Waals surface area contributed by atoms with Crippen LogP contribution in [0.5, 0.6) is 0 Å². The average Bonchev–Trinajstić information content (AvgIpc) is 2.89. The summed E-state index contributed by atoms with van der Waals surface area (Å²) in [4.78, 5) is 26.7. The minimum Gasteiger partial charge on any atom is -0.478 e. The van der Waals surface area contributed by atoms with Gasteiger partial charge in [0.25, 0.3) is 5.69 Å². The summed E-state index contributed by atoms with van der Waals surface area (Å²) in [6.07, 6.45) is 1.03. The first-order chi connectivity index (χ1) is 11.7. The van der Waals surface area contributed by atoms with Crippen molar-refractivity contribution in [2.45, 2.75) is 13.3 Å². The second-order valence-corrected chi connectivity index (χ2v) is 5.96. The molecular weight excluding hydrogens is 348 g/mol. The lowest BCUT2D eigenvalue weighted by Crippen LogP contribution is -2.13. The number of anilines is 2. The summed E-state index contributed by atoms with van der Waals surface area (Å²) >= 11 is 5.49. The molecule has 2 aromatic rings. The molecule has 1 aromatic heterocycles. The molecule has 0 aliphatic carbocycles. The first-order valence-corrected chi connectivity index (χ1v) is 7.73. The molecule has 0 unspecified atom stereocenters. The maximum absolute atomic E-state index is 10.5. The van der Waals surface area contributed by atoms with E-state index in [2.05, 4.69) is 16.9 Å². The number of carboxylic acid groups (broad SMARTS) is 1. The third-order valence-corrected chi connectivity index (χ3v) is 4.04. The number of carbonyl (C=O) groups is 1. The van der Waals surface area contributed by atoms with Gasteiger partial charge in [0.15, 0.2) is 0 Å². The van der Waals surface area contributed by atoms with E-state index in [1.54, 1.807) is 0 Å². The third kappa shape index (κ3) is 4.16. The highest BCUT2D eigenvalue weighted by Crippen LogP contribution is 2.29. The van der Waals surface area contributed by atoms with Gasteiger partial charge in [0, 0.05) is 42.7 Å². The Kier molecular flexibility index (Phi) is 5.43. The lowest BCUT2D eigenvalue weighted by molar-refractivity contribution is -0.384. The fourth-order valence-electron chi connectivity index (χ4n) is 2.46. The third-order valence-electron chi connectivity index (χ3n) is 3.71. The van der Waals surface area contributed by atoms with Crippen LogP contribution in [-0.2, 0) is 6.42 Å². The molecule has 1 aliphatic rings. The van der Waals surface area contributed by atoms with E-state index in [1.165, 1.54) is 11.6 Å². The summed E-state index contributed by atoms with van der Waals surface area (Å²) in [5.41, 5.74) is 8.41. The molecular formula is C16H17ClN4O4. The van der Waals surface area contributed by atoms with E-state index in [0.29, 0.717) is 0 Å². The number of non-ortho nitro benzene ring substituents is 1. The number of carboxylic acids is 1. The molecule has 0 atom stereocenters. The van der Waals surface area contributed by atoms with Crippen molar-refractivity contribution in [1.29, 1.82) is 0 Å². The Morgan fingerprint density at radius 2 is 2.12 bits per heavy atom. The number of nitrogen functional groups attached to an aromatic ring is 1. The number of fused-ring (bicyclic) bond motifs is 1. The number of likely N-dealkylation sites (N-methyl/N-ethyl adjacent to an activating group) is 1. The maximum atomic E-state index is 10.5. The molecule has 8 nitrogen and oxygen atoms in total. The number of nitrogens with two attached hydrogens (primary N) is 1. The normalized spacial score (nSPS) is 12.2. The number of nitrogens with zero attached hydrogens (tertiary/aromatic N) is 3. The molecule has 1 aliphatic heterocycles. The molecule has 0 saturated heterocycles. The van der Waals surface area contributed by atoms with Gasteiger partial charge in [0.2, 0.25) is 0 Å². The summed E-state index contributed by atoms with van der Waals surface area (Å²) in [5, 5.41) is 18.8. The number of pyridine rings is 1. The highest BCUT2D eigenvalue weighted by molar-refractivity contribution is 6.33. The Balaban J connectivity index is 0.000000181. The summed E-state index contributed by atoms with van der Waals surface area (Å²) in [7, 11) is 2.05. The van der Waals surface area contributed by atoms with Crippen molar-refractivity contribution in [2.75, 3.05) is 24.2 Å². The summed E-state index contributed by atoms with van der Waals surface area (Å²) in [6.45, 7) is 3.01. The zero-order chi connectivity index (χ0) is 18.7. The van der Waals surface area contributed by atoms with E-state index < -0.39 is 10.9 Å². The molecule has 0 radical (unpaired) electrons. The van der Waals surface area contributed by atoms with Crippen LogP contribution in [-0.4, -0.2) is 34.6 Å². The van der Waals surface area contributed by atoms with Gasteiger partial charge in [-0.15, -0.1) is 0 Å². The van der Waals surface area contributed by atoms with Crippen LogP contribution in [0.15, 0.2) is 24.3 Å². The molecule has 25 heavy (non-hydrogen) atoms. The zero-order valence-corrected chi connectivity index (χ0v) is 14.4. The highest BCUT2D eigenvalue weighted by Gasteiger charge is 2.19. The summed E-state index contributed by atoms with van der Waals surface area (Å²) in [6, 6.07) is 5.20. The summed E-state index contributed by atoms with van der Waals surface area (Å²) in [5.74, 6) is -0.221. The number of hydrogen-bond donors (Lipinski definition) is 2. The molecule has 0 amide bonds. The first-order valence-electron chi connectivity index (χ1n) is 7.35. The van der Waals surface area contributed by atoms with Crippen LogP contribution < -0.4 is 10.6 Å². The van der Waals surface area contributed by atoms with Crippen molar-refractivity contribution in [1.82, 2.24) is 4.98 Å². The van der Waals surface area contributed by atoms with Crippen molar-refractivity contribution in [2.24, 2.45) is 0 Å². The van der Waals surface area contributed by atoms with Crippen LogP contribution in [0.25, 0.3) is 0 Å². The number of nitro benzene ring substituents is 1. The van der Waals surface area contributed by atoms with Gasteiger partial charge in [-0.1, -0.05) is 11.6 Å². The number of nitro groups is 1. The molecule has 0 fully saturated rings. The average molecular weight is 365 g/mol. The largest absolute Gasteiger partial charge is 0.478 e. The fourth-order valence-corrected chi connectivity index (χ4v) is 2.65. The van der Waals surface area contributed by atoms with E-state index >= 15 is 0 Å². The van der Waals surface area contributed by atoms with Gasteiger partial charge in [0.1, 0.15) is 5.82 Å². The number of rotatable bonds is 2. The number of aryl methyl sites for hydroxylation is 1. The van der Waals surface area contributed by atoms with Gasteiger partial charge < -0.3 is 15.7 Å². The number of halogens is 1. The highest BCUT2D eigenvalue weighted by atomic mass is 35.5. The quantitative estimate of drug-likeness (QED) is 0.620. The Bertz CT molecular complexity index is 841. The molecule has 132 valence electrons. The lowest BCUT2D eigenvalue weighted by atomic mass is 10.2. The minimum absolute atomic E-state index is 0.0156. The van der Waals surface area contributed by atoms with Gasteiger partial charge in [-0.25, -0.2) is 9.78 Å². The van der Waals surface area contributed by atoms with Crippen LogP contribution in [0.1, 0.15) is 21.6 Å². The van der Waals surface area contributed by atoms with E-state index in [4.69, 9.17) is 22.4 Å². The van der Waals surface area contributed by atoms with Crippen LogP contribution in [0, 0.1) is 17.0 Å². The number of aromatic nitrogens is 1. The second kappa shape index (κ2) is 7.35. The lowest BCUT2D eigenvalue weighted by Gasteiger charge is -2.11. The van der Waals surface area contributed by atoms with E-state index in [1.807, 2.05) is 13.0 Å². The molecule has 0 spiro atoms. The topological polar surface area (TPSA) is 123 Å². The fraction of sp³-hybridized carbons (Fsp3) is 0.250. The van der Waals surface area contributed by atoms with Crippen LogP contribution in [0.4, 0.5) is 17.2 Å². The predicted octanol–water partition coefficient (Wildman–Crippen LogP) is 2.91. The van der Waals surface area contributed by atoms with Gasteiger partial charge in [-0.3, -0.25) is 10.1 Å². The molecule has 1 aromatic carbocycles. The van der Waals surface area contributed by atoms with E-state index in [-0.39, 0.29) is 16.3 Å². The second-order valence-electron chi connectivity index (χ2n) is 5.55. The maximum Gasteiger partial charge on any atom is 0.337 e. The molecule has 9 heteroatoms. The number of aromatic carboxylic acids is 1. The molecule has 2 heterocycles. The zero-order valence-electron chi connectivity index (χ0n) is 13.7. The molecule has 0 saturated carbocycles. The van der Waals surface area contributed by atoms with Gasteiger partial charge in [0.05, 0.1) is 15.5 Å². The van der Waals surface area contributed by atoms with Gasteiger partial charge >= 0.3 is 5.97 Å². The van der Waals surface area contributed by atoms with Crippen LogP contribution >= 0.6 is 11.6 Å². The number of benzene rings is 1. The number of hydrogen-bond acceptors (Lipinski definition) is 6. The van der Waals surface area contributed by atoms with Crippen LogP contribution in [0.3, 0.4) is 0 Å². The van der Waals surface area contributed by atoms with Crippen molar-refractivity contribution < 1.29 is 14.8 Å². The van der Waals surface area contributed by atoms with E-state index in [9.17, 15) is 14.9 Å². The standard InChI is InChI=1S/C9H13N3.C7H4ClNO4/c1-6-5-8(10)7-3-4-12(2)9(7)11-6;8-6-2-1-4(9(12)13)3-5(6)7(10)11/h5H,3-4H2,1-2H3,(H2,10,11);1-3H,(H,10,11). The Morgan fingerprint density at radius 1 is 1.44 bits per heavy atom. The molecule has 0 bridgehead atoms. The Morgan fingerprint density at radius 3 is 2.72 bits per heavy atom. The van der Waals surface area contributed by atoms with Crippen molar-refractivity contribution in [3.8, 4) is 0 Å². The van der Waals surface area contributed by atoms with E-state index in [0.717, 1.165) is 42.3 Å². The minimum atomic E-state index is -1.28. The van der Waals surface area contributed by atoms with Crippen molar-refractivity contribution >= 4 is 34.8 Å². The smallest absolute Gasteiger partial charge is 0.337 e. The molecule has 3 rings (SSSR count). The Labute approximate surface area is 149 Å². The van der Waals surface area contributed by atoms with Crippen molar-refractivity contribution in [3.05, 3.63) is 56.2 Å². The monoisotopic (exact) mass is 364 g/mol.